The zero-order valence-corrected chi connectivity index (χ0v) is 13.4. The average molecular weight is 276 g/mol. The summed E-state index contributed by atoms with van der Waals surface area (Å²) >= 11 is 6.25. The Hall–Kier alpha value is -0.240. The van der Waals surface area contributed by atoms with E-state index in [1.165, 1.54) is 0 Å². The summed E-state index contributed by atoms with van der Waals surface area (Å²) in [4.78, 5) is 12.0. The first-order valence-corrected chi connectivity index (χ1v) is 7.65. The lowest BCUT2D eigenvalue weighted by atomic mass is 9.90. The van der Waals surface area contributed by atoms with Crippen LogP contribution in [0.4, 0.5) is 0 Å². The van der Waals surface area contributed by atoms with Crippen molar-refractivity contribution in [1.29, 1.82) is 0 Å². The third-order valence-electron chi connectivity index (χ3n) is 3.10. The number of carbonyl (C=O) groups is 1. The van der Waals surface area contributed by atoms with Crippen molar-refractivity contribution in [2.24, 2.45) is 11.3 Å². The monoisotopic (exact) mass is 275 g/mol. The maximum absolute atomic E-state index is 12.0. The third-order valence-corrected chi connectivity index (χ3v) is 3.41. The van der Waals surface area contributed by atoms with Gasteiger partial charge in [-0.3, -0.25) is 4.79 Å². The molecule has 0 aliphatic heterocycles. The lowest BCUT2D eigenvalue weighted by molar-refractivity contribution is -0.125. The quantitative estimate of drug-likeness (QED) is 0.655. The predicted octanol–water partition coefficient (Wildman–Crippen LogP) is 4.36. The second-order valence-corrected chi connectivity index (χ2v) is 6.97. The van der Waals surface area contributed by atoms with E-state index in [4.69, 9.17) is 11.6 Å². The summed E-state index contributed by atoms with van der Waals surface area (Å²) in [5.41, 5.74) is 0.212. The second kappa shape index (κ2) is 8.79. The Morgan fingerprint density at radius 1 is 1.28 bits per heavy atom. The van der Waals surface area contributed by atoms with E-state index in [0.717, 1.165) is 32.1 Å². The second-order valence-electron chi connectivity index (χ2n) is 6.35. The molecule has 0 radical (unpaired) electrons. The normalized spacial score (nSPS) is 15.2. The van der Waals surface area contributed by atoms with Crippen LogP contribution in [0.2, 0.25) is 0 Å². The summed E-state index contributed by atoms with van der Waals surface area (Å²) in [6.45, 7) is 11.3. The van der Waals surface area contributed by atoms with Crippen LogP contribution in [0.15, 0.2) is 0 Å². The molecule has 2 unspecified atom stereocenters. The summed E-state index contributed by atoms with van der Waals surface area (Å²) < 4.78 is 0. The zero-order valence-electron chi connectivity index (χ0n) is 12.7. The van der Waals surface area contributed by atoms with Gasteiger partial charge in [-0.05, 0) is 24.7 Å². The van der Waals surface area contributed by atoms with Crippen molar-refractivity contribution in [3.8, 4) is 0 Å². The lowest BCUT2D eigenvalue weighted by Gasteiger charge is -2.23. The Bertz CT molecular complexity index is 235. The highest BCUT2D eigenvalue weighted by atomic mass is 35.5. The molecule has 1 amide bonds. The molecule has 0 aliphatic rings. The maximum Gasteiger partial charge on any atom is 0.223 e. The molecule has 0 saturated heterocycles. The number of hydrogen-bond acceptors (Lipinski definition) is 1. The van der Waals surface area contributed by atoms with Gasteiger partial charge in [0.05, 0.1) is 5.38 Å². The Balaban J connectivity index is 3.99. The number of halogens is 1. The van der Waals surface area contributed by atoms with E-state index in [0.29, 0.717) is 6.54 Å². The van der Waals surface area contributed by atoms with E-state index < -0.39 is 0 Å². The van der Waals surface area contributed by atoms with Crippen molar-refractivity contribution in [1.82, 2.24) is 5.32 Å². The molecule has 0 aliphatic carbocycles. The van der Waals surface area contributed by atoms with Gasteiger partial charge in [0.2, 0.25) is 5.91 Å². The van der Waals surface area contributed by atoms with E-state index in [1.807, 2.05) is 0 Å². The van der Waals surface area contributed by atoms with Crippen LogP contribution in [-0.2, 0) is 4.79 Å². The molecule has 3 heteroatoms. The average Bonchev–Trinajstić information content (AvgIpc) is 2.25. The Labute approximate surface area is 118 Å². The van der Waals surface area contributed by atoms with Crippen molar-refractivity contribution < 1.29 is 4.79 Å². The van der Waals surface area contributed by atoms with Crippen LogP contribution in [0, 0.1) is 11.3 Å². The fourth-order valence-corrected chi connectivity index (χ4v) is 2.60. The van der Waals surface area contributed by atoms with Gasteiger partial charge in [0.15, 0.2) is 0 Å². The molecule has 1 N–H and O–H groups in total. The number of hydrogen-bond donors (Lipinski definition) is 1. The first kappa shape index (κ1) is 17.8. The fraction of sp³-hybridized carbons (Fsp3) is 0.933. The minimum Gasteiger partial charge on any atom is -0.354 e. The highest BCUT2D eigenvalue weighted by molar-refractivity contribution is 6.20. The zero-order chi connectivity index (χ0) is 14.2. The first-order chi connectivity index (χ1) is 8.30. The first-order valence-electron chi connectivity index (χ1n) is 7.22. The Morgan fingerprint density at radius 3 is 2.33 bits per heavy atom. The van der Waals surface area contributed by atoms with Crippen molar-refractivity contribution in [2.75, 3.05) is 6.54 Å². The van der Waals surface area contributed by atoms with Crippen LogP contribution < -0.4 is 5.32 Å². The summed E-state index contributed by atoms with van der Waals surface area (Å²) in [5.74, 6) is 0.328. The number of carbonyl (C=O) groups excluding carboxylic acids is 1. The van der Waals surface area contributed by atoms with Gasteiger partial charge in [-0.1, -0.05) is 47.5 Å². The summed E-state index contributed by atoms with van der Waals surface area (Å²) in [6.07, 6.45) is 5.09. The number of rotatable bonds is 8. The number of amides is 1. The summed E-state index contributed by atoms with van der Waals surface area (Å²) in [7, 11) is 0. The molecule has 0 heterocycles. The third kappa shape index (κ3) is 8.79. The lowest BCUT2D eigenvalue weighted by Crippen LogP contribution is -2.35. The molecule has 18 heavy (non-hydrogen) atoms. The molecule has 0 aromatic rings. The molecule has 0 bridgehead atoms. The van der Waals surface area contributed by atoms with Crippen LogP contribution in [0.5, 0.6) is 0 Å². The molecule has 0 saturated carbocycles. The minimum atomic E-state index is 0.0256. The Kier molecular flexibility index (Phi) is 8.67. The van der Waals surface area contributed by atoms with Crippen LogP contribution in [0.25, 0.3) is 0 Å². The SMILES string of the molecule is CCCCC(CC)C(=O)NCC(Cl)CC(C)(C)C. The summed E-state index contributed by atoms with van der Waals surface area (Å²) in [5, 5.41) is 3.02. The molecule has 2 atom stereocenters. The molecule has 0 rings (SSSR count). The molecule has 0 aromatic heterocycles. The predicted molar refractivity (Wildman–Crippen MR) is 80.0 cm³/mol. The van der Waals surface area contributed by atoms with Gasteiger partial charge in [-0.15, -0.1) is 11.6 Å². The molecule has 0 spiro atoms. The molecule has 0 fully saturated rings. The molecule has 108 valence electrons. The van der Waals surface area contributed by atoms with Crippen molar-refractivity contribution in [3.63, 3.8) is 0 Å². The van der Waals surface area contributed by atoms with Crippen LogP contribution in [0.1, 0.15) is 66.7 Å². The Morgan fingerprint density at radius 2 is 1.89 bits per heavy atom. The number of alkyl halides is 1. The topological polar surface area (TPSA) is 29.1 Å². The van der Waals surface area contributed by atoms with E-state index in [1.54, 1.807) is 0 Å². The standard InChI is InChI=1S/C15H30ClNO/c1-6-8-9-12(7-2)14(18)17-11-13(16)10-15(3,4)5/h12-13H,6-11H2,1-5H3,(H,17,18). The van der Waals surface area contributed by atoms with Crippen molar-refractivity contribution >= 4 is 17.5 Å². The van der Waals surface area contributed by atoms with Gasteiger partial charge >= 0.3 is 0 Å². The minimum absolute atomic E-state index is 0.0256. The van der Waals surface area contributed by atoms with Crippen LogP contribution >= 0.6 is 11.6 Å². The van der Waals surface area contributed by atoms with Crippen LogP contribution in [-0.4, -0.2) is 17.8 Å². The highest BCUT2D eigenvalue weighted by Crippen LogP contribution is 2.23. The highest BCUT2D eigenvalue weighted by Gasteiger charge is 2.19. The fourth-order valence-electron chi connectivity index (χ4n) is 2.06. The molecular formula is C15H30ClNO. The van der Waals surface area contributed by atoms with E-state index >= 15 is 0 Å². The van der Waals surface area contributed by atoms with Gasteiger partial charge in [0.1, 0.15) is 0 Å². The van der Waals surface area contributed by atoms with E-state index in [2.05, 4.69) is 39.9 Å². The van der Waals surface area contributed by atoms with Crippen molar-refractivity contribution in [2.45, 2.75) is 72.1 Å². The van der Waals surface area contributed by atoms with Gasteiger partial charge < -0.3 is 5.32 Å². The smallest absolute Gasteiger partial charge is 0.223 e. The summed E-state index contributed by atoms with van der Waals surface area (Å²) in [6, 6.07) is 0. The van der Waals surface area contributed by atoms with Crippen LogP contribution in [0.3, 0.4) is 0 Å². The van der Waals surface area contributed by atoms with Gasteiger partial charge in [-0.25, -0.2) is 0 Å². The van der Waals surface area contributed by atoms with E-state index in [9.17, 15) is 4.79 Å². The van der Waals surface area contributed by atoms with Gasteiger partial charge in [0, 0.05) is 12.5 Å². The van der Waals surface area contributed by atoms with Crippen molar-refractivity contribution in [3.05, 3.63) is 0 Å². The molecule has 0 aromatic carbocycles. The molecular weight excluding hydrogens is 246 g/mol. The largest absolute Gasteiger partial charge is 0.354 e. The van der Waals surface area contributed by atoms with E-state index in [-0.39, 0.29) is 22.6 Å². The number of unbranched alkanes of at least 4 members (excludes halogenated alkanes) is 1. The van der Waals surface area contributed by atoms with Gasteiger partial charge in [0.25, 0.3) is 0 Å². The molecule has 2 nitrogen and oxygen atoms in total. The van der Waals surface area contributed by atoms with Gasteiger partial charge in [-0.2, -0.15) is 0 Å². The number of nitrogens with one attached hydrogen (secondary N) is 1. The maximum atomic E-state index is 12.0.